The van der Waals surface area contributed by atoms with E-state index in [4.69, 9.17) is 11.6 Å². The maximum atomic E-state index is 12.5. The summed E-state index contributed by atoms with van der Waals surface area (Å²) in [5, 5.41) is 4.05. The number of benzene rings is 2. The van der Waals surface area contributed by atoms with Crippen LogP contribution < -0.4 is 10.7 Å². The molecule has 25 heavy (non-hydrogen) atoms. The summed E-state index contributed by atoms with van der Waals surface area (Å²) in [4.78, 5) is 24.5. The third kappa shape index (κ3) is 3.59. The van der Waals surface area contributed by atoms with Crippen LogP contribution in [0.3, 0.4) is 0 Å². The number of fused-ring (bicyclic) bond motifs is 1. The second-order valence-electron chi connectivity index (χ2n) is 6.29. The second kappa shape index (κ2) is 6.73. The fourth-order valence-corrected chi connectivity index (χ4v) is 3.29. The zero-order valence-electron chi connectivity index (χ0n) is 14.4. The Bertz CT molecular complexity index is 1010. The lowest BCUT2D eigenvalue weighted by molar-refractivity contribution is -0.116. The standard InChI is InChI=1S/C20H19ClN2O2/c1-12-8-13(2)20(14(3)9-12)22-19(25)11-23-7-6-18(24)16-5-4-15(21)10-17(16)23/h4-10H,11H2,1-3H3,(H,22,25). The lowest BCUT2D eigenvalue weighted by Crippen LogP contribution is -2.21. The molecule has 0 spiro atoms. The van der Waals surface area contributed by atoms with Gasteiger partial charge in [-0.25, -0.2) is 0 Å². The highest BCUT2D eigenvalue weighted by atomic mass is 35.5. The summed E-state index contributed by atoms with van der Waals surface area (Å²) in [5.74, 6) is -0.153. The molecule has 2 aromatic carbocycles. The molecule has 3 rings (SSSR count). The normalized spacial score (nSPS) is 10.9. The largest absolute Gasteiger partial charge is 0.338 e. The van der Waals surface area contributed by atoms with Crippen LogP contribution in [0.25, 0.3) is 10.9 Å². The van der Waals surface area contributed by atoms with Gasteiger partial charge in [0.05, 0.1) is 5.52 Å². The molecule has 1 N–H and O–H groups in total. The summed E-state index contributed by atoms with van der Waals surface area (Å²) in [6.45, 7) is 6.08. The van der Waals surface area contributed by atoms with Crippen LogP contribution in [0.15, 0.2) is 47.4 Å². The van der Waals surface area contributed by atoms with Crippen LogP contribution in [-0.2, 0) is 11.3 Å². The molecule has 0 atom stereocenters. The van der Waals surface area contributed by atoms with E-state index < -0.39 is 0 Å². The van der Waals surface area contributed by atoms with Crippen LogP contribution in [-0.4, -0.2) is 10.5 Å². The maximum Gasteiger partial charge on any atom is 0.244 e. The number of hydrogen-bond donors (Lipinski definition) is 1. The first-order valence-electron chi connectivity index (χ1n) is 8.01. The minimum Gasteiger partial charge on any atom is -0.338 e. The summed E-state index contributed by atoms with van der Waals surface area (Å²) in [7, 11) is 0. The molecule has 0 fully saturated rings. The topological polar surface area (TPSA) is 51.1 Å². The van der Waals surface area contributed by atoms with Crippen molar-refractivity contribution < 1.29 is 4.79 Å². The van der Waals surface area contributed by atoms with Crippen LogP contribution in [0.4, 0.5) is 5.69 Å². The third-order valence-electron chi connectivity index (χ3n) is 4.20. The fourth-order valence-electron chi connectivity index (χ4n) is 3.13. The van der Waals surface area contributed by atoms with Crippen LogP contribution in [0.5, 0.6) is 0 Å². The van der Waals surface area contributed by atoms with Crippen molar-refractivity contribution in [2.75, 3.05) is 5.32 Å². The fraction of sp³-hybridized carbons (Fsp3) is 0.200. The monoisotopic (exact) mass is 354 g/mol. The molecule has 0 aliphatic heterocycles. The molecule has 0 saturated heterocycles. The van der Waals surface area contributed by atoms with E-state index in [1.54, 1.807) is 29.0 Å². The highest BCUT2D eigenvalue weighted by Gasteiger charge is 2.11. The van der Waals surface area contributed by atoms with Crippen molar-refractivity contribution in [3.05, 3.63) is 74.5 Å². The molecule has 0 saturated carbocycles. The molecule has 1 amide bonds. The molecular weight excluding hydrogens is 336 g/mol. The van der Waals surface area contributed by atoms with Gasteiger partial charge in [0.15, 0.2) is 5.43 Å². The van der Waals surface area contributed by atoms with Crippen molar-refractivity contribution in [2.45, 2.75) is 27.3 Å². The molecule has 1 heterocycles. The number of hydrogen-bond acceptors (Lipinski definition) is 2. The molecule has 4 nitrogen and oxygen atoms in total. The summed E-state index contributed by atoms with van der Waals surface area (Å²) >= 11 is 6.05. The number of halogens is 1. The van der Waals surface area contributed by atoms with E-state index in [0.29, 0.717) is 15.9 Å². The number of nitrogens with zero attached hydrogens (tertiary/aromatic N) is 1. The van der Waals surface area contributed by atoms with Gasteiger partial charge >= 0.3 is 0 Å². The lowest BCUT2D eigenvalue weighted by Gasteiger charge is -2.15. The SMILES string of the molecule is Cc1cc(C)c(NC(=O)Cn2ccc(=O)c3ccc(Cl)cc32)c(C)c1. The van der Waals surface area contributed by atoms with Gasteiger partial charge in [-0.2, -0.15) is 0 Å². The van der Waals surface area contributed by atoms with Gasteiger partial charge in [0, 0.05) is 28.4 Å². The zero-order valence-corrected chi connectivity index (χ0v) is 15.1. The summed E-state index contributed by atoms with van der Waals surface area (Å²) in [6, 6.07) is 10.6. The first-order valence-corrected chi connectivity index (χ1v) is 8.39. The number of carbonyl (C=O) groups is 1. The number of anilines is 1. The van der Waals surface area contributed by atoms with Crippen molar-refractivity contribution in [1.82, 2.24) is 4.57 Å². The van der Waals surface area contributed by atoms with Gasteiger partial charge in [0.2, 0.25) is 5.91 Å². The molecular formula is C20H19ClN2O2. The van der Waals surface area contributed by atoms with E-state index in [1.165, 1.54) is 6.07 Å². The Hall–Kier alpha value is -2.59. The summed E-state index contributed by atoms with van der Waals surface area (Å²) < 4.78 is 1.73. The molecule has 0 aliphatic rings. The van der Waals surface area contributed by atoms with Gasteiger partial charge in [-0.3, -0.25) is 9.59 Å². The van der Waals surface area contributed by atoms with Gasteiger partial charge in [-0.1, -0.05) is 29.3 Å². The van der Waals surface area contributed by atoms with E-state index in [2.05, 4.69) is 5.32 Å². The number of nitrogens with one attached hydrogen (secondary N) is 1. The predicted octanol–water partition coefficient (Wildman–Crippen LogP) is 4.22. The number of aromatic nitrogens is 1. The molecule has 0 unspecified atom stereocenters. The first-order chi connectivity index (χ1) is 11.8. The molecule has 128 valence electrons. The third-order valence-corrected chi connectivity index (χ3v) is 4.43. The average molecular weight is 355 g/mol. The van der Waals surface area contributed by atoms with Gasteiger partial charge < -0.3 is 9.88 Å². The van der Waals surface area contributed by atoms with Gasteiger partial charge in [-0.15, -0.1) is 0 Å². The van der Waals surface area contributed by atoms with E-state index in [9.17, 15) is 9.59 Å². The highest BCUT2D eigenvalue weighted by Crippen LogP contribution is 2.22. The number of rotatable bonds is 3. The number of carbonyl (C=O) groups excluding carboxylic acids is 1. The van der Waals surface area contributed by atoms with E-state index >= 15 is 0 Å². The predicted molar refractivity (Wildman–Crippen MR) is 103 cm³/mol. The Kier molecular flexibility index (Phi) is 4.64. The van der Waals surface area contributed by atoms with Crippen molar-refractivity contribution in [1.29, 1.82) is 0 Å². The van der Waals surface area contributed by atoms with E-state index in [0.717, 1.165) is 22.4 Å². The Morgan fingerprint density at radius 1 is 1.08 bits per heavy atom. The smallest absolute Gasteiger partial charge is 0.244 e. The minimum atomic E-state index is -0.153. The van der Waals surface area contributed by atoms with Crippen molar-refractivity contribution >= 4 is 34.1 Å². The minimum absolute atomic E-state index is 0.0893. The Morgan fingerprint density at radius 3 is 2.44 bits per heavy atom. The molecule has 0 bridgehead atoms. The second-order valence-corrected chi connectivity index (χ2v) is 6.73. The Morgan fingerprint density at radius 2 is 1.76 bits per heavy atom. The van der Waals surface area contributed by atoms with Crippen molar-refractivity contribution in [3.8, 4) is 0 Å². The van der Waals surface area contributed by atoms with Crippen molar-refractivity contribution in [3.63, 3.8) is 0 Å². The maximum absolute atomic E-state index is 12.5. The van der Waals surface area contributed by atoms with Crippen LogP contribution >= 0.6 is 11.6 Å². The number of pyridine rings is 1. The molecule has 0 radical (unpaired) electrons. The summed E-state index contributed by atoms with van der Waals surface area (Å²) in [5.41, 5.74) is 4.60. The molecule has 3 aromatic rings. The highest BCUT2D eigenvalue weighted by molar-refractivity contribution is 6.31. The average Bonchev–Trinajstić information content (AvgIpc) is 2.53. The first kappa shape index (κ1) is 17.2. The summed E-state index contributed by atoms with van der Waals surface area (Å²) in [6.07, 6.45) is 1.62. The van der Waals surface area contributed by atoms with E-state index in [1.807, 2.05) is 32.9 Å². The van der Waals surface area contributed by atoms with Gasteiger partial charge in [0.1, 0.15) is 6.54 Å². The Balaban J connectivity index is 1.92. The van der Waals surface area contributed by atoms with Crippen molar-refractivity contribution in [2.24, 2.45) is 0 Å². The van der Waals surface area contributed by atoms with Crippen LogP contribution in [0.2, 0.25) is 5.02 Å². The molecule has 1 aromatic heterocycles. The van der Waals surface area contributed by atoms with Gasteiger partial charge in [0.25, 0.3) is 0 Å². The van der Waals surface area contributed by atoms with Crippen LogP contribution in [0, 0.1) is 20.8 Å². The van der Waals surface area contributed by atoms with Crippen LogP contribution in [0.1, 0.15) is 16.7 Å². The van der Waals surface area contributed by atoms with E-state index in [-0.39, 0.29) is 17.9 Å². The number of amides is 1. The van der Waals surface area contributed by atoms with Gasteiger partial charge in [-0.05, 0) is 50.1 Å². The molecule has 5 heteroatoms. The number of aryl methyl sites for hydroxylation is 3. The zero-order chi connectivity index (χ0) is 18.1. The Labute approximate surface area is 151 Å². The lowest BCUT2D eigenvalue weighted by atomic mass is 10.1. The molecule has 0 aliphatic carbocycles. The quantitative estimate of drug-likeness (QED) is 0.765.